The van der Waals surface area contributed by atoms with E-state index in [9.17, 15) is 0 Å². The van der Waals surface area contributed by atoms with Gasteiger partial charge in [-0.2, -0.15) is 5.10 Å². The smallest absolute Gasteiger partial charge is 0.123 e. The molecule has 0 saturated heterocycles. The third kappa shape index (κ3) is 2.72. The third-order valence-electron chi connectivity index (χ3n) is 2.15. The zero-order valence-electron chi connectivity index (χ0n) is 8.24. The van der Waals surface area contributed by atoms with Crippen LogP contribution in [0.4, 0.5) is 0 Å². The van der Waals surface area contributed by atoms with Crippen molar-refractivity contribution in [1.82, 2.24) is 9.78 Å². The highest BCUT2D eigenvalue weighted by Crippen LogP contribution is 2.18. The second-order valence-electron chi connectivity index (χ2n) is 3.43. The highest BCUT2D eigenvalue weighted by atomic mass is 127. The molecule has 15 heavy (non-hydrogen) atoms. The van der Waals surface area contributed by atoms with Crippen molar-refractivity contribution in [2.24, 2.45) is 0 Å². The van der Waals surface area contributed by atoms with Crippen LogP contribution < -0.4 is 0 Å². The van der Waals surface area contributed by atoms with E-state index in [0.29, 0.717) is 0 Å². The van der Waals surface area contributed by atoms with Crippen LogP contribution in [0.2, 0.25) is 5.02 Å². The molecule has 0 saturated carbocycles. The molecule has 1 aromatic carbocycles. The van der Waals surface area contributed by atoms with E-state index in [2.05, 4.69) is 33.8 Å². The van der Waals surface area contributed by atoms with E-state index >= 15 is 0 Å². The number of aryl methyl sites for hydroxylation is 1. The Hall–Kier alpha value is -0.550. The van der Waals surface area contributed by atoms with Crippen molar-refractivity contribution in [3.8, 4) is 0 Å². The number of rotatable bonds is 2. The zero-order valence-corrected chi connectivity index (χ0v) is 11.2. The Morgan fingerprint density at radius 2 is 2.20 bits per heavy atom. The quantitative estimate of drug-likeness (QED) is 0.770. The number of nitrogens with zero attached hydrogens (tertiary/aromatic N) is 2. The van der Waals surface area contributed by atoms with Crippen molar-refractivity contribution >= 4 is 34.2 Å². The molecule has 0 atom stereocenters. The van der Waals surface area contributed by atoms with Crippen LogP contribution in [0.25, 0.3) is 0 Å². The van der Waals surface area contributed by atoms with Crippen LogP contribution >= 0.6 is 34.2 Å². The van der Waals surface area contributed by atoms with Gasteiger partial charge < -0.3 is 0 Å². The summed E-state index contributed by atoms with van der Waals surface area (Å²) in [6.07, 6.45) is 1.96. The highest BCUT2D eigenvalue weighted by molar-refractivity contribution is 14.1. The van der Waals surface area contributed by atoms with Crippen LogP contribution in [0.5, 0.6) is 0 Å². The van der Waals surface area contributed by atoms with Crippen LogP contribution in [0.3, 0.4) is 0 Å². The average molecular weight is 333 g/mol. The maximum Gasteiger partial charge on any atom is 0.123 e. The number of benzene rings is 1. The van der Waals surface area contributed by atoms with E-state index < -0.39 is 0 Å². The lowest BCUT2D eigenvalue weighted by atomic mass is 10.1. The molecular weight excluding hydrogens is 322 g/mol. The summed E-state index contributed by atoms with van der Waals surface area (Å²) in [5.41, 5.74) is 2.28. The lowest BCUT2D eigenvalue weighted by molar-refractivity contribution is 0.681. The van der Waals surface area contributed by atoms with Gasteiger partial charge in [-0.25, -0.2) is 0 Å². The van der Waals surface area contributed by atoms with E-state index in [1.165, 1.54) is 5.56 Å². The molecule has 1 heterocycles. The Labute approximate surface area is 107 Å². The summed E-state index contributed by atoms with van der Waals surface area (Å²) >= 11 is 8.34. The number of aromatic nitrogens is 2. The Bertz CT molecular complexity index is 479. The van der Waals surface area contributed by atoms with Gasteiger partial charge in [-0.15, -0.1) is 0 Å². The van der Waals surface area contributed by atoms with Gasteiger partial charge in [0.2, 0.25) is 0 Å². The molecule has 0 aliphatic carbocycles. The minimum Gasteiger partial charge on any atom is -0.267 e. The molecule has 2 aromatic rings. The monoisotopic (exact) mass is 332 g/mol. The number of hydrogen-bond acceptors (Lipinski definition) is 1. The van der Waals surface area contributed by atoms with Crippen molar-refractivity contribution in [3.63, 3.8) is 0 Å². The second kappa shape index (κ2) is 4.53. The summed E-state index contributed by atoms with van der Waals surface area (Å²) in [5.74, 6) is 0. The summed E-state index contributed by atoms with van der Waals surface area (Å²) in [5, 5.41) is 5.12. The maximum absolute atomic E-state index is 6.14. The Morgan fingerprint density at radius 3 is 2.80 bits per heavy atom. The predicted octanol–water partition coefficient (Wildman–Crippen LogP) is 3.50. The second-order valence-corrected chi connectivity index (χ2v) is 4.94. The molecule has 0 spiro atoms. The maximum atomic E-state index is 6.14. The Morgan fingerprint density at radius 1 is 1.40 bits per heavy atom. The molecule has 0 unspecified atom stereocenters. The average Bonchev–Trinajstić information content (AvgIpc) is 2.56. The SMILES string of the molecule is Cc1ccc(Cn2ccc(I)n2)c(Cl)c1. The third-order valence-corrected chi connectivity index (χ3v) is 3.08. The van der Waals surface area contributed by atoms with E-state index in [1.807, 2.05) is 36.0 Å². The molecule has 1 aromatic heterocycles. The van der Waals surface area contributed by atoms with Crippen LogP contribution in [-0.4, -0.2) is 9.78 Å². The molecule has 0 radical (unpaired) electrons. The van der Waals surface area contributed by atoms with Gasteiger partial charge in [0.15, 0.2) is 0 Å². The van der Waals surface area contributed by atoms with Gasteiger partial charge in [-0.3, -0.25) is 4.68 Å². The standard InChI is InChI=1S/C11H10ClIN2/c1-8-2-3-9(10(12)6-8)7-15-5-4-11(13)14-15/h2-6H,7H2,1H3. The summed E-state index contributed by atoms with van der Waals surface area (Å²) < 4.78 is 2.88. The first-order valence-corrected chi connectivity index (χ1v) is 6.05. The topological polar surface area (TPSA) is 17.8 Å². The van der Waals surface area contributed by atoms with E-state index in [1.54, 1.807) is 0 Å². The zero-order chi connectivity index (χ0) is 10.8. The molecule has 2 rings (SSSR count). The molecule has 78 valence electrons. The van der Waals surface area contributed by atoms with Gasteiger partial charge in [0.05, 0.1) is 6.54 Å². The van der Waals surface area contributed by atoms with Crippen molar-refractivity contribution < 1.29 is 0 Å². The number of hydrogen-bond donors (Lipinski definition) is 0. The molecular formula is C11H10ClIN2. The summed E-state index contributed by atoms with van der Waals surface area (Å²) in [7, 11) is 0. The van der Waals surface area contributed by atoms with Gasteiger partial charge in [-0.1, -0.05) is 23.7 Å². The Kier molecular flexibility index (Phi) is 3.31. The predicted molar refractivity (Wildman–Crippen MR) is 70.2 cm³/mol. The van der Waals surface area contributed by atoms with Gasteiger partial charge in [0, 0.05) is 11.2 Å². The van der Waals surface area contributed by atoms with Crippen molar-refractivity contribution in [1.29, 1.82) is 0 Å². The van der Waals surface area contributed by atoms with Crippen molar-refractivity contribution in [2.45, 2.75) is 13.5 Å². The molecule has 0 bridgehead atoms. The molecule has 2 nitrogen and oxygen atoms in total. The van der Waals surface area contributed by atoms with E-state index in [4.69, 9.17) is 11.6 Å². The highest BCUT2D eigenvalue weighted by Gasteiger charge is 2.02. The lowest BCUT2D eigenvalue weighted by Crippen LogP contribution is -2.01. The minimum atomic E-state index is 0.724. The minimum absolute atomic E-state index is 0.724. The summed E-state index contributed by atoms with van der Waals surface area (Å²) in [6, 6.07) is 8.07. The van der Waals surface area contributed by atoms with Crippen molar-refractivity contribution in [3.05, 3.63) is 50.3 Å². The molecule has 0 amide bonds. The first-order chi connectivity index (χ1) is 7.15. The van der Waals surface area contributed by atoms with Crippen LogP contribution in [-0.2, 0) is 6.54 Å². The van der Waals surface area contributed by atoms with Gasteiger partial charge in [0.1, 0.15) is 3.70 Å². The number of halogens is 2. The lowest BCUT2D eigenvalue weighted by Gasteiger charge is -2.05. The summed E-state index contributed by atoms with van der Waals surface area (Å²) in [6.45, 7) is 2.76. The van der Waals surface area contributed by atoms with E-state index in [-0.39, 0.29) is 0 Å². The molecule has 0 fully saturated rings. The van der Waals surface area contributed by atoms with Crippen molar-refractivity contribution in [2.75, 3.05) is 0 Å². The largest absolute Gasteiger partial charge is 0.267 e. The summed E-state index contributed by atoms with van der Waals surface area (Å²) in [4.78, 5) is 0. The molecule has 4 heteroatoms. The molecule has 0 aliphatic rings. The van der Waals surface area contributed by atoms with Gasteiger partial charge in [0.25, 0.3) is 0 Å². The van der Waals surface area contributed by atoms with Crippen LogP contribution in [0, 0.1) is 10.6 Å². The first-order valence-electron chi connectivity index (χ1n) is 4.59. The fourth-order valence-electron chi connectivity index (χ4n) is 1.38. The van der Waals surface area contributed by atoms with Gasteiger partial charge in [-0.05, 0) is 52.8 Å². The Balaban J connectivity index is 2.24. The normalized spacial score (nSPS) is 10.6. The van der Waals surface area contributed by atoms with Crippen LogP contribution in [0.15, 0.2) is 30.5 Å². The molecule has 0 N–H and O–H groups in total. The molecule has 0 aliphatic heterocycles. The van der Waals surface area contributed by atoms with E-state index in [0.717, 1.165) is 20.8 Å². The first kappa shape index (κ1) is 11.0. The fourth-order valence-corrected chi connectivity index (χ4v) is 2.11. The van der Waals surface area contributed by atoms with Crippen LogP contribution in [0.1, 0.15) is 11.1 Å². The van der Waals surface area contributed by atoms with Gasteiger partial charge >= 0.3 is 0 Å². The fraction of sp³-hybridized carbons (Fsp3) is 0.182.